The van der Waals surface area contributed by atoms with Gasteiger partial charge in [0.2, 0.25) is 0 Å². The molecule has 25 heavy (non-hydrogen) atoms. The Morgan fingerprint density at radius 1 is 1.20 bits per heavy atom. The van der Waals surface area contributed by atoms with Crippen molar-refractivity contribution in [2.75, 3.05) is 30.7 Å². The van der Waals surface area contributed by atoms with Crippen LogP contribution < -0.4 is 11.1 Å². The number of hydrogen-bond donors (Lipinski definition) is 2. The number of rotatable bonds is 5. The molecule has 2 aliphatic rings. The molecular formula is C21H35N3O. The topological polar surface area (TPSA) is 50.5 Å². The molecule has 0 spiro atoms. The normalized spacial score (nSPS) is 28.8. The zero-order valence-corrected chi connectivity index (χ0v) is 16.2. The van der Waals surface area contributed by atoms with Crippen LogP contribution in [0, 0.1) is 6.92 Å². The summed E-state index contributed by atoms with van der Waals surface area (Å²) >= 11 is 0. The van der Waals surface area contributed by atoms with Crippen molar-refractivity contribution in [2.24, 2.45) is 0 Å². The van der Waals surface area contributed by atoms with Crippen LogP contribution >= 0.6 is 0 Å². The van der Waals surface area contributed by atoms with Crippen molar-refractivity contribution in [3.05, 3.63) is 23.8 Å². The van der Waals surface area contributed by atoms with E-state index in [1.807, 2.05) is 6.07 Å². The molecule has 1 saturated heterocycles. The number of nitrogens with two attached hydrogens (primary N) is 1. The highest BCUT2D eigenvalue weighted by Crippen LogP contribution is 2.36. The highest BCUT2D eigenvalue weighted by molar-refractivity contribution is 5.67. The summed E-state index contributed by atoms with van der Waals surface area (Å²) in [6, 6.07) is 6.77. The summed E-state index contributed by atoms with van der Waals surface area (Å²) in [5.41, 5.74) is 9.70. The minimum atomic E-state index is 0.362. The van der Waals surface area contributed by atoms with Crippen molar-refractivity contribution in [1.29, 1.82) is 0 Å². The number of ether oxygens (including phenoxy) is 1. The predicted octanol–water partition coefficient (Wildman–Crippen LogP) is 4.19. The second-order valence-electron chi connectivity index (χ2n) is 8.15. The molecule has 4 nitrogen and oxygen atoms in total. The van der Waals surface area contributed by atoms with Crippen LogP contribution in [-0.4, -0.2) is 42.3 Å². The minimum absolute atomic E-state index is 0.362. The van der Waals surface area contributed by atoms with Gasteiger partial charge < -0.3 is 15.8 Å². The standard InChI is InChI=1S/C21H35N3O/c1-4-25-18-7-11-21(3,12-8-18)24-13-9-17(10-14-24)23-20-15-16(2)5-6-19(20)22/h5-6,15,17-18,23H,4,7-14,22H2,1-3H3. The van der Waals surface area contributed by atoms with E-state index in [4.69, 9.17) is 10.5 Å². The Morgan fingerprint density at radius 3 is 2.52 bits per heavy atom. The number of hydrogen-bond acceptors (Lipinski definition) is 4. The first-order valence-electron chi connectivity index (χ1n) is 9.99. The van der Waals surface area contributed by atoms with Crippen LogP contribution in [0.15, 0.2) is 18.2 Å². The molecule has 0 aromatic heterocycles. The third-order valence-electron chi connectivity index (χ3n) is 6.24. The van der Waals surface area contributed by atoms with Gasteiger partial charge in [-0.25, -0.2) is 0 Å². The van der Waals surface area contributed by atoms with Gasteiger partial charge in [0.15, 0.2) is 0 Å². The zero-order chi connectivity index (χ0) is 17.9. The number of benzene rings is 1. The predicted molar refractivity (Wildman–Crippen MR) is 106 cm³/mol. The fourth-order valence-electron chi connectivity index (χ4n) is 4.51. The number of nitrogen functional groups attached to an aromatic ring is 1. The molecule has 0 unspecified atom stereocenters. The van der Waals surface area contributed by atoms with Gasteiger partial charge in [-0.15, -0.1) is 0 Å². The minimum Gasteiger partial charge on any atom is -0.397 e. The van der Waals surface area contributed by atoms with Crippen LogP contribution in [0.3, 0.4) is 0 Å². The molecule has 0 radical (unpaired) electrons. The van der Waals surface area contributed by atoms with Gasteiger partial charge in [-0.1, -0.05) is 6.07 Å². The van der Waals surface area contributed by atoms with E-state index in [-0.39, 0.29) is 0 Å². The first-order valence-corrected chi connectivity index (χ1v) is 9.99. The van der Waals surface area contributed by atoms with E-state index < -0.39 is 0 Å². The quantitative estimate of drug-likeness (QED) is 0.786. The van der Waals surface area contributed by atoms with E-state index in [9.17, 15) is 0 Å². The second kappa shape index (κ2) is 7.96. The Bertz CT molecular complexity index is 558. The largest absolute Gasteiger partial charge is 0.397 e. The summed E-state index contributed by atoms with van der Waals surface area (Å²) in [6.45, 7) is 9.89. The Kier molecular flexibility index (Phi) is 5.90. The van der Waals surface area contributed by atoms with Crippen LogP contribution in [0.2, 0.25) is 0 Å². The summed E-state index contributed by atoms with van der Waals surface area (Å²) < 4.78 is 5.83. The van der Waals surface area contributed by atoms with Crippen LogP contribution in [0.4, 0.5) is 11.4 Å². The monoisotopic (exact) mass is 345 g/mol. The van der Waals surface area contributed by atoms with Gasteiger partial charge in [-0.2, -0.15) is 0 Å². The lowest BCUT2D eigenvalue weighted by Crippen LogP contribution is -2.53. The molecule has 1 heterocycles. The Hall–Kier alpha value is -1.26. The Labute approximate surface area is 153 Å². The molecule has 0 bridgehead atoms. The van der Waals surface area contributed by atoms with E-state index in [1.165, 1.54) is 57.2 Å². The maximum Gasteiger partial charge on any atom is 0.0578 e. The molecule has 140 valence electrons. The lowest BCUT2D eigenvalue weighted by molar-refractivity contribution is -0.0242. The highest BCUT2D eigenvalue weighted by Gasteiger charge is 2.38. The number of nitrogens with one attached hydrogen (secondary N) is 1. The first kappa shape index (κ1) is 18.5. The van der Waals surface area contributed by atoms with Crippen LogP contribution in [-0.2, 0) is 4.74 Å². The van der Waals surface area contributed by atoms with E-state index >= 15 is 0 Å². The summed E-state index contributed by atoms with van der Waals surface area (Å²) in [5, 5.41) is 3.68. The van der Waals surface area contributed by atoms with Crippen LogP contribution in [0.5, 0.6) is 0 Å². The lowest BCUT2D eigenvalue weighted by atomic mass is 9.79. The van der Waals surface area contributed by atoms with E-state index in [0.29, 0.717) is 17.7 Å². The van der Waals surface area contributed by atoms with Gasteiger partial charge in [-0.05, 0) is 77.0 Å². The van der Waals surface area contributed by atoms with Gasteiger partial charge >= 0.3 is 0 Å². The summed E-state index contributed by atoms with van der Waals surface area (Å²) in [7, 11) is 0. The summed E-state index contributed by atoms with van der Waals surface area (Å²) in [6.07, 6.45) is 7.82. The molecule has 1 aromatic rings. The van der Waals surface area contributed by atoms with Crippen molar-refractivity contribution in [3.63, 3.8) is 0 Å². The Morgan fingerprint density at radius 2 is 1.88 bits per heavy atom. The Balaban J connectivity index is 1.51. The average molecular weight is 346 g/mol. The van der Waals surface area contributed by atoms with Gasteiger partial charge in [0.05, 0.1) is 17.5 Å². The van der Waals surface area contributed by atoms with Gasteiger partial charge in [0.25, 0.3) is 0 Å². The molecule has 3 rings (SSSR count). The molecule has 2 fully saturated rings. The lowest BCUT2D eigenvalue weighted by Gasteiger charge is -2.48. The van der Waals surface area contributed by atoms with Crippen molar-refractivity contribution in [2.45, 2.75) is 77.0 Å². The van der Waals surface area contributed by atoms with Crippen molar-refractivity contribution in [3.8, 4) is 0 Å². The number of anilines is 2. The molecule has 0 amide bonds. The highest BCUT2D eigenvalue weighted by atomic mass is 16.5. The molecule has 3 N–H and O–H groups in total. The van der Waals surface area contributed by atoms with E-state index in [1.54, 1.807) is 0 Å². The molecule has 1 aliphatic heterocycles. The number of likely N-dealkylation sites (tertiary alicyclic amines) is 1. The fourth-order valence-corrected chi connectivity index (χ4v) is 4.51. The fraction of sp³-hybridized carbons (Fsp3) is 0.714. The smallest absolute Gasteiger partial charge is 0.0578 e. The average Bonchev–Trinajstić information content (AvgIpc) is 2.61. The maximum absolute atomic E-state index is 6.12. The summed E-state index contributed by atoms with van der Waals surface area (Å²) in [5.74, 6) is 0. The van der Waals surface area contributed by atoms with Gasteiger partial charge in [-0.3, -0.25) is 4.90 Å². The van der Waals surface area contributed by atoms with Gasteiger partial charge in [0, 0.05) is 31.3 Å². The van der Waals surface area contributed by atoms with Crippen LogP contribution in [0.1, 0.15) is 57.9 Å². The SMILES string of the molecule is CCOC1CCC(C)(N2CCC(Nc3cc(C)ccc3N)CC2)CC1. The maximum atomic E-state index is 6.12. The van der Waals surface area contributed by atoms with Crippen molar-refractivity contribution < 1.29 is 4.74 Å². The van der Waals surface area contributed by atoms with Crippen molar-refractivity contribution in [1.82, 2.24) is 4.90 Å². The first-order chi connectivity index (χ1) is 12.0. The molecule has 4 heteroatoms. The molecule has 1 aromatic carbocycles. The zero-order valence-electron chi connectivity index (χ0n) is 16.2. The third-order valence-corrected chi connectivity index (χ3v) is 6.24. The molecular weight excluding hydrogens is 310 g/mol. The molecule has 1 aliphatic carbocycles. The van der Waals surface area contributed by atoms with Crippen molar-refractivity contribution >= 4 is 11.4 Å². The van der Waals surface area contributed by atoms with Gasteiger partial charge in [0.1, 0.15) is 0 Å². The second-order valence-corrected chi connectivity index (χ2v) is 8.15. The number of aryl methyl sites for hydroxylation is 1. The number of piperidine rings is 1. The number of nitrogens with zero attached hydrogens (tertiary/aromatic N) is 1. The van der Waals surface area contributed by atoms with Crippen LogP contribution in [0.25, 0.3) is 0 Å². The van der Waals surface area contributed by atoms with E-state index in [0.717, 1.165) is 18.0 Å². The summed E-state index contributed by atoms with van der Waals surface area (Å²) in [4.78, 5) is 2.73. The third kappa shape index (κ3) is 4.48. The molecule has 1 saturated carbocycles. The molecule has 0 atom stereocenters. The van der Waals surface area contributed by atoms with E-state index in [2.05, 4.69) is 43.1 Å².